The number of hydrogen-bond donors (Lipinski definition) is 0. The number of rotatable bonds is 2. The highest BCUT2D eigenvalue weighted by Gasteiger charge is 2.15. The van der Waals surface area contributed by atoms with Crippen molar-refractivity contribution in [1.82, 2.24) is 0 Å². The number of carbonyl (C=O) groups excluding carboxylic acids is 1. The Labute approximate surface area is 117 Å². The number of ketones is 1. The molecule has 0 aliphatic heterocycles. The van der Waals surface area contributed by atoms with Crippen molar-refractivity contribution in [2.24, 2.45) is 0 Å². The molecule has 0 fully saturated rings. The Bertz CT molecular complexity index is 725. The minimum absolute atomic E-state index is 0.0775. The van der Waals surface area contributed by atoms with Gasteiger partial charge in [0.2, 0.25) is 5.78 Å². The standard InChI is InChI=1S/C15H9BrOS/c16-13-8-9-18-15(13)14(17)12-7-3-5-10-4-1-2-6-11(10)12/h1-9H. The maximum Gasteiger partial charge on any atom is 0.204 e. The number of benzene rings is 2. The Morgan fingerprint density at radius 2 is 1.78 bits per heavy atom. The highest BCUT2D eigenvalue weighted by atomic mass is 79.9. The molecule has 0 aliphatic carbocycles. The quantitative estimate of drug-likeness (QED) is 0.615. The lowest BCUT2D eigenvalue weighted by molar-refractivity contribution is 0.104. The summed E-state index contributed by atoms with van der Waals surface area (Å²) in [7, 11) is 0. The van der Waals surface area contributed by atoms with Crippen LogP contribution in [0.15, 0.2) is 58.4 Å². The van der Waals surface area contributed by atoms with Gasteiger partial charge in [-0.25, -0.2) is 0 Å². The molecule has 3 heteroatoms. The van der Waals surface area contributed by atoms with E-state index < -0.39 is 0 Å². The van der Waals surface area contributed by atoms with E-state index in [0.717, 1.165) is 25.7 Å². The van der Waals surface area contributed by atoms with E-state index in [1.165, 1.54) is 11.3 Å². The number of hydrogen-bond acceptors (Lipinski definition) is 2. The van der Waals surface area contributed by atoms with Crippen LogP contribution in [0.4, 0.5) is 0 Å². The van der Waals surface area contributed by atoms with Crippen molar-refractivity contribution in [3.63, 3.8) is 0 Å². The number of carbonyl (C=O) groups is 1. The lowest BCUT2D eigenvalue weighted by atomic mass is 10.0. The molecule has 2 aromatic carbocycles. The van der Waals surface area contributed by atoms with Gasteiger partial charge < -0.3 is 0 Å². The van der Waals surface area contributed by atoms with Crippen LogP contribution in [0.5, 0.6) is 0 Å². The largest absolute Gasteiger partial charge is 0.288 e. The second kappa shape index (κ2) is 4.67. The summed E-state index contributed by atoms with van der Waals surface area (Å²) in [5.74, 6) is 0.0775. The summed E-state index contributed by atoms with van der Waals surface area (Å²) in [5.41, 5.74) is 0.760. The van der Waals surface area contributed by atoms with Crippen LogP contribution in [0.2, 0.25) is 0 Å². The number of thiophene rings is 1. The fourth-order valence-electron chi connectivity index (χ4n) is 2.00. The summed E-state index contributed by atoms with van der Waals surface area (Å²) in [4.78, 5) is 13.3. The predicted octanol–water partition coefficient (Wildman–Crippen LogP) is 4.89. The second-order valence-corrected chi connectivity index (χ2v) is 5.72. The first-order valence-corrected chi connectivity index (χ1v) is 7.20. The van der Waals surface area contributed by atoms with E-state index in [4.69, 9.17) is 0 Å². The predicted molar refractivity (Wildman–Crippen MR) is 79.4 cm³/mol. The maximum atomic E-state index is 12.5. The SMILES string of the molecule is O=C(c1sccc1Br)c1cccc2ccccc12. The molecule has 88 valence electrons. The van der Waals surface area contributed by atoms with Crippen LogP contribution < -0.4 is 0 Å². The van der Waals surface area contributed by atoms with Crippen molar-refractivity contribution < 1.29 is 4.79 Å². The average molecular weight is 317 g/mol. The molecule has 0 unspecified atom stereocenters. The molecule has 1 heterocycles. The van der Waals surface area contributed by atoms with Crippen LogP contribution in [0, 0.1) is 0 Å². The molecule has 0 bridgehead atoms. The van der Waals surface area contributed by atoms with E-state index in [0.29, 0.717) is 0 Å². The van der Waals surface area contributed by atoms with E-state index in [-0.39, 0.29) is 5.78 Å². The van der Waals surface area contributed by atoms with Crippen molar-refractivity contribution in [2.75, 3.05) is 0 Å². The first-order chi connectivity index (χ1) is 8.77. The molecule has 3 rings (SSSR count). The van der Waals surface area contributed by atoms with Gasteiger partial charge in [0.25, 0.3) is 0 Å². The smallest absolute Gasteiger partial charge is 0.204 e. The Morgan fingerprint density at radius 1 is 1.00 bits per heavy atom. The van der Waals surface area contributed by atoms with Crippen molar-refractivity contribution in [2.45, 2.75) is 0 Å². The molecule has 0 N–H and O–H groups in total. The van der Waals surface area contributed by atoms with Crippen molar-refractivity contribution in [3.05, 3.63) is 68.8 Å². The minimum Gasteiger partial charge on any atom is -0.288 e. The fraction of sp³-hybridized carbons (Fsp3) is 0. The highest BCUT2D eigenvalue weighted by molar-refractivity contribution is 9.10. The number of halogens is 1. The van der Waals surface area contributed by atoms with Gasteiger partial charge in [-0.05, 0) is 38.1 Å². The average Bonchev–Trinajstić information content (AvgIpc) is 2.83. The third-order valence-corrected chi connectivity index (χ3v) is 4.69. The monoisotopic (exact) mass is 316 g/mol. The first kappa shape index (κ1) is 11.6. The van der Waals surface area contributed by atoms with E-state index in [9.17, 15) is 4.79 Å². The van der Waals surface area contributed by atoms with Crippen LogP contribution in [0.3, 0.4) is 0 Å². The van der Waals surface area contributed by atoms with Gasteiger partial charge in [-0.1, -0.05) is 42.5 Å². The van der Waals surface area contributed by atoms with Gasteiger partial charge >= 0.3 is 0 Å². The molecule has 0 radical (unpaired) electrons. The summed E-state index contributed by atoms with van der Waals surface area (Å²) in [5, 5.41) is 4.02. The second-order valence-electron chi connectivity index (χ2n) is 3.95. The van der Waals surface area contributed by atoms with Crippen LogP contribution in [0.25, 0.3) is 10.8 Å². The first-order valence-electron chi connectivity index (χ1n) is 5.53. The van der Waals surface area contributed by atoms with Gasteiger partial charge in [-0.15, -0.1) is 11.3 Å². The van der Waals surface area contributed by atoms with E-state index in [2.05, 4.69) is 15.9 Å². The van der Waals surface area contributed by atoms with Crippen LogP contribution in [-0.2, 0) is 0 Å². The molecule has 0 saturated carbocycles. The normalized spacial score (nSPS) is 10.7. The maximum absolute atomic E-state index is 12.5. The topological polar surface area (TPSA) is 17.1 Å². The third-order valence-electron chi connectivity index (χ3n) is 2.86. The minimum atomic E-state index is 0.0775. The molecule has 0 spiro atoms. The molecule has 18 heavy (non-hydrogen) atoms. The van der Waals surface area contributed by atoms with Crippen LogP contribution >= 0.6 is 27.3 Å². The summed E-state index contributed by atoms with van der Waals surface area (Å²) in [6, 6.07) is 15.7. The lowest BCUT2D eigenvalue weighted by Gasteiger charge is -2.04. The summed E-state index contributed by atoms with van der Waals surface area (Å²) in [6.07, 6.45) is 0. The summed E-state index contributed by atoms with van der Waals surface area (Å²) >= 11 is 4.88. The molecular formula is C15H9BrOS. The Hall–Kier alpha value is -1.45. The lowest BCUT2D eigenvalue weighted by Crippen LogP contribution is -2.00. The van der Waals surface area contributed by atoms with Gasteiger partial charge in [-0.2, -0.15) is 0 Å². The van der Waals surface area contributed by atoms with E-state index >= 15 is 0 Å². The molecule has 3 aromatic rings. The zero-order chi connectivity index (χ0) is 12.5. The summed E-state index contributed by atoms with van der Waals surface area (Å²) in [6.45, 7) is 0. The third kappa shape index (κ3) is 1.89. The van der Waals surface area contributed by atoms with E-state index in [1.807, 2.05) is 53.9 Å². The molecule has 0 amide bonds. The van der Waals surface area contributed by atoms with Gasteiger partial charge in [0.15, 0.2) is 0 Å². The van der Waals surface area contributed by atoms with E-state index in [1.54, 1.807) is 0 Å². The highest BCUT2D eigenvalue weighted by Crippen LogP contribution is 2.28. The molecule has 1 aromatic heterocycles. The fourth-order valence-corrected chi connectivity index (χ4v) is 3.51. The Morgan fingerprint density at radius 3 is 2.56 bits per heavy atom. The molecule has 0 saturated heterocycles. The van der Waals surface area contributed by atoms with Gasteiger partial charge in [-0.3, -0.25) is 4.79 Å². The molecule has 0 atom stereocenters. The zero-order valence-electron chi connectivity index (χ0n) is 9.39. The molecule has 1 nitrogen and oxygen atoms in total. The zero-order valence-corrected chi connectivity index (χ0v) is 11.8. The Balaban J connectivity index is 2.21. The van der Waals surface area contributed by atoms with Crippen molar-refractivity contribution >= 4 is 43.8 Å². The van der Waals surface area contributed by atoms with Crippen molar-refractivity contribution in [1.29, 1.82) is 0 Å². The van der Waals surface area contributed by atoms with Gasteiger partial charge in [0.1, 0.15) is 0 Å². The van der Waals surface area contributed by atoms with Gasteiger partial charge in [0, 0.05) is 10.0 Å². The van der Waals surface area contributed by atoms with Crippen molar-refractivity contribution in [3.8, 4) is 0 Å². The molecule has 0 aliphatic rings. The van der Waals surface area contributed by atoms with Gasteiger partial charge in [0.05, 0.1) is 4.88 Å². The molecular weight excluding hydrogens is 308 g/mol. The van der Waals surface area contributed by atoms with Crippen LogP contribution in [-0.4, -0.2) is 5.78 Å². The summed E-state index contributed by atoms with van der Waals surface area (Å²) < 4.78 is 0.866. The number of fused-ring (bicyclic) bond motifs is 1. The van der Waals surface area contributed by atoms with Crippen LogP contribution in [0.1, 0.15) is 15.2 Å². The Kier molecular flexibility index (Phi) is 3.02.